The van der Waals surface area contributed by atoms with E-state index in [-0.39, 0.29) is 16.3 Å². The minimum Gasteiger partial charge on any atom is -0.225 e. The lowest BCUT2D eigenvalue weighted by Gasteiger charge is -2.06. The van der Waals surface area contributed by atoms with Crippen LogP contribution in [0.15, 0.2) is 12.3 Å². The zero-order valence-corrected chi connectivity index (χ0v) is 7.84. The first-order valence-electron chi connectivity index (χ1n) is 3.76. The first kappa shape index (κ1) is 10.3. The first-order chi connectivity index (χ1) is 6.89. The van der Waals surface area contributed by atoms with E-state index in [1.54, 1.807) is 0 Å². The molecule has 0 aliphatic rings. The number of fused-ring (bicyclic) bond motifs is 1. The summed E-state index contributed by atoms with van der Waals surface area (Å²) >= 11 is 5.59. The van der Waals surface area contributed by atoms with Gasteiger partial charge in [0.15, 0.2) is 0 Å². The molecule has 2 rings (SSSR count). The van der Waals surface area contributed by atoms with Crippen molar-refractivity contribution in [3.63, 3.8) is 0 Å². The molecule has 0 saturated heterocycles. The topological polar surface area (TPSA) is 30.2 Å². The van der Waals surface area contributed by atoms with Crippen molar-refractivity contribution < 1.29 is 13.2 Å². The van der Waals surface area contributed by atoms with Gasteiger partial charge in [-0.15, -0.1) is 0 Å². The molecular weight excluding hydrogens is 229 g/mol. The lowest BCUT2D eigenvalue weighted by Crippen LogP contribution is -2.12. The number of nitrogens with zero attached hydrogens (tertiary/aromatic N) is 3. The molecular formula is C7H2BClF3N3. The molecule has 0 aliphatic heterocycles. The predicted octanol–water partition coefficient (Wildman–Crippen LogP) is 1.20. The van der Waals surface area contributed by atoms with Crippen LogP contribution in [0, 0.1) is 0 Å². The average Bonchev–Trinajstić information content (AvgIpc) is 2.47. The maximum Gasteiger partial charge on any atom is 0.433 e. The monoisotopic (exact) mass is 231 g/mol. The van der Waals surface area contributed by atoms with Crippen molar-refractivity contribution in [3.05, 3.63) is 23.1 Å². The molecule has 0 aliphatic carbocycles. The molecule has 8 heteroatoms. The third-order valence-corrected chi connectivity index (χ3v) is 2.02. The van der Waals surface area contributed by atoms with E-state index in [1.807, 2.05) is 0 Å². The fourth-order valence-corrected chi connectivity index (χ4v) is 1.32. The summed E-state index contributed by atoms with van der Waals surface area (Å²) in [6.45, 7) is 0. The molecule has 0 bridgehead atoms. The van der Waals surface area contributed by atoms with Gasteiger partial charge in [-0.2, -0.15) is 18.3 Å². The normalized spacial score (nSPS) is 12.3. The van der Waals surface area contributed by atoms with Gasteiger partial charge in [0.1, 0.15) is 24.3 Å². The van der Waals surface area contributed by atoms with Gasteiger partial charge in [-0.05, 0) is 5.46 Å². The summed E-state index contributed by atoms with van der Waals surface area (Å²) in [7, 11) is 5.39. The van der Waals surface area contributed by atoms with Crippen LogP contribution in [0.4, 0.5) is 13.2 Å². The molecule has 2 heterocycles. The summed E-state index contributed by atoms with van der Waals surface area (Å²) in [6, 6.07) is 0.695. The molecule has 0 aromatic carbocycles. The minimum atomic E-state index is -4.55. The molecule has 3 nitrogen and oxygen atoms in total. The number of hydrogen-bond acceptors (Lipinski definition) is 2. The van der Waals surface area contributed by atoms with Crippen molar-refractivity contribution in [2.75, 3.05) is 0 Å². The van der Waals surface area contributed by atoms with E-state index in [1.165, 1.54) is 6.20 Å². The van der Waals surface area contributed by atoms with Gasteiger partial charge in [-0.25, -0.2) is 9.50 Å². The molecule has 0 unspecified atom stereocenters. The van der Waals surface area contributed by atoms with Crippen LogP contribution in [0.1, 0.15) is 5.69 Å². The van der Waals surface area contributed by atoms with E-state index in [0.29, 0.717) is 6.07 Å². The standard InChI is InChI=1S/C7H2BClF3N3/c8-3-2-13-15-5(9)1-4(7(10,11)12)14-6(3)15/h1-2H. The molecule has 0 amide bonds. The Balaban J connectivity index is 2.76. The summed E-state index contributed by atoms with van der Waals surface area (Å²) in [5, 5.41) is 3.48. The zero-order chi connectivity index (χ0) is 11.2. The van der Waals surface area contributed by atoms with E-state index in [4.69, 9.17) is 19.4 Å². The van der Waals surface area contributed by atoms with Gasteiger partial charge in [-0.1, -0.05) is 11.6 Å². The Labute approximate surface area is 88.3 Å². The maximum atomic E-state index is 12.3. The maximum absolute atomic E-state index is 12.3. The SMILES string of the molecule is [B]c1cnn2c(Cl)cc(C(F)(F)F)nc12. The number of aromatic nitrogens is 3. The number of alkyl halides is 3. The van der Waals surface area contributed by atoms with Crippen molar-refractivity contribution in [2.24, 2.45) is 0 Å². The van der Waals surface area contributed by atoms with Crippen LogP contribution in [-0.4, -0.2) is 22.4 Å². The summed E-state index contributed by atoms with van der Waals surface area (Å²) in [5.41, 5.74) is -1.15. The molecule has 15 heavy (non-hydrogen) atoms. The minimum absolute atomic E-state index is 0.0444. The molecule has 0 saturated carbocycles. The van der Waals surface area contributed by atoms with E-state index < -0.39 is 11.9 Å². The lowest BCUT2D eigenvalue weighted by molar-refractivity contribution is -0.141. The molecule has 0 fully saturated rings. The van der Waals surface area contributed by atoms with Crippen molar-refractivity contribution in [1.82, 2.24) is 14.6 Å². The van der Waals surface area contributed by atoms with Crippen molar-refractivity contribution in [3.8, 4) is 0 Å². The van der Waals surface area contributed by atoms with Crippen LogP contribution in [0.3, 0.4) is 0 Å². The Morgan fingerprint density at radius 3 is 2.67 bits per heavy atom. The van der Waals surface area contributed by atoms with E-state index in [2.05, 4.69) is 10.1 Å². The number of hydrogen-bond donors (Lipinski definition) is 0. The van der Waals surface area contributed by atoms with Crippen LogP contribution in [0.25, 0.3) is 5.65 Å². The third kappa shape index (κ3) is 1.67. The van der Waals surface area contributed by atoms with E-state index in [9.17, 15) is 13.2 Å². The predicted molar refractivity (Wildman–Crippen MR) is 48.4 cm³/mol. The van der Waals surface area contributed by atoms with Gasteiger partial charge in [0.25, 0.3) is 0 Å². The Morgan fingerprint density at radius 1 is 1.40 bits per heavy atom. The Kier molecular flexibility index (Phi) is 2.15. The van der Waals surface area contributed by atoms with Crippen LogP contribution < -0.4 is 5.46 Å². The van der Waals surface area contributed by atoms with Crippen LogP contribution in [0.2, 0.25) is 5.15 Å². The summed E-state index contributed by atoms with van der Waals surface area (Å²) in [5.74, 6) is 0. The van der Waals surface area contributed by atoms with Crippen molar-refractivity contribution >= 4 is 30.6 Å². The molecule has 0 N–H and O–H groups in total. The Bertz CT molecular complexity index is 522. The second kappa shape index (κ2) is 3.13. The lowest BCUT2D eigenvalue weighted by atomic mass is 10.0. The highest BCUT2D eigenvalue weighted by molar-refractivity contribution is 6.36. The third-order valence-electron chi connectivity index (χ3n) is 1.75. The van der Waals surface area contributed by atoms with Gasteiger partial charge < -0.3 is 0 Å². The number of halogens is 4. The molecule has 0 atom stereocenters. The molecule has 2 radical (unpaired) electrons. The van der Waals surface area contributed by atoms with Gasteiger partial charge in [0, 0.05) is 12.3 Å². The highest BCUT2D eigenvalue weighted by Crippen LogP contribution is 2.29. The van der Waals surface area contributed by atoms with E-state index >= 15 is 0 Å². The smallest absolute Gasteiger partial charge is 0.225 e. The highest BCUT2D eigenvalue weighted by Gasteiger charge is 2.33. The van der Waals surface area contributed by atoms with Crippen LogP contribution in [-0.2, 0) is 6.18 Å². The molecule has 76 valence electrons. The van der Waals surface area contributed by atoms with Gasteiger partial charge in [0.05, 0.1) is 0 Å². The van der Waals surface area contributed by atoms with Crippen molar-refractivity contribution in [1.29, 1.82) is 0 Å². The fourth-order valence-electron chi connectivity index (χ4n) is 1.09. The van der Waals surface area contributed by atoms with Gasteiger partial charge >= 0.3 is 6.18 Å². The second-order valence-corrected chi connectivity index (χ2v) is 3.18. The zero-order valence-electron chi connectivity index (χ0n) is 7.09. The van der Waals surface area contributed by atoms with Gasteiger partial charge in [0.2, 0.25) is 0 Å². The van der Waals surface area contributed by atoms with Crippen LogP contribution in [0.5, 0.6) is 0 Å². The molecule has 0 spiro atoms. The van der Waals surface area contributed by atoms with Crippen LogP contribution >= 0.6 is 11.6 Å². The first-order valence-corrected chi connectivity index (χ1v) is 4.14. The molecule has 2 aromatic heterocycles. The largest absolute Gasteiger partial charge is 0.433 e. The number of rotatable bonds is 0. The average molecular weight is 231 g/mol. The summed E-state index contributed by atoms with van der Waals surface area (Å²) in [4.78, 5) is 3.33. The van der Waals surface area contributed by atoms with Gasteiger partial charge in [-0.3, -0.25) is 0 Å². The van der Waals surface area contributed by atoms with E-state index in [0.717, 1.165) is 4.52 Å². The Morgan fingerprint density at radius 2 is 2.07 bits per heavy atom. The Hall–Kier alpha value is -1.24. The second-order valence-electron chi connectivity index (χ2n) is 2.80. The summed E-state index contributed by atoms with van der Waals surface area (Å²) < 4.78 is 38.1. The quantitative estimate of drug-likeness (QED) is 0.504. The highest BCUT2D eigenvalue weighted by atomic mass is 35.5. The molecule has 2 aromatic rings. The fraction of sp³-hybridized carbons (Fsp3) is 0.143. The van der Waals surface area contributed by atoms with Crippen molar-refractivity contribution in [2.45, 2.75) is 6.18 Å². The summed E-state index contributed by atoms with van der Waals surface area (Å²) in [6.07, 6.45) is -3.36.